The maximum absolute atomic E-state index is 14.7. The number of carbonyl (C=O) groups excluding carboxylic acids is 1. The van der Waals surface area contributed by atoms with Crippen molar-refractivity contribution in [3.8, 4) is 5.88 Å². The number of ether oxygens (including phenoxy) is 3. The molecule has 1 spiro atoms. The van der Waals surface area contributed by atoms with E-state index in [1.165, 1.54) is 24.3 Å². The van der Waals surface area contributed by atoms with Gasteiger partial charge in [0.1, 0.15) is 23.1 Å². The molecule has 0 unspecified atom stereocenters. The average molecular weight is 1130 g/mol. The normalized spacial score (nSPS) is 25.0. The van der Waals surface area contributed by atoms with Gasteiger partial charge in [0.05, 0.1) is 58.6 Å². The summed E-state index contributed by atoms with van der Waals surface area (Å²) < 4.78 is 134. The van der Waals surface area contributed by atoms with Crippen molar-refractivity contribution < 1.29 is 68.9 Å². The number of carbonyl (C=O) groups is 1. The number of hydrogen-bond donors (Lipinski definition) is 5. The van der Waals surface area contributed by atoms with Crippen LogP contribution >= 0.6 is 0 Å². The predicted octanol–water partition coefficient (Wildman–Crippen LogP) is 8.77. The number of aliphatic hydroxyl groups is 2. The van der Waals surface area contributed by atoms with E-state index in [1.807, 2.05) is 28.0 Å². The number of amides is 1. The Morgan fingerprint density at radius 2 is 1.62 bits per heavy atom. The highest BCUT2D eigenvalue weighted by molar-refractivity contribution is 7.90. The third kappa shape index (κ3) is 10.2. The number of morpholine rings is 1. The lowest BCUT2D eigenvalue weighted by molar-refractivity contribution is -0.384. The van der Waals surface area contributed by atoms with E-state index in [0.717, 1.165) is 17.5 Å². The Morgan fingerprint density at radius 1 is 0.899 bits per heavy atom. The molecule has 11 rings (SSSR count). The van der Waals surface area contributed by atoms with Gasteiger partial charge < -0.3 is 44.5 Å². The van der Waals surface area contributed by atoms with Gasteiger partial charge in [-0.2, -0.15) is 31.3 Å². The molecule has 6 heterocycles. The number of anilines is 4. The molecule has 6 aliphatic rings. The summed E-state index contributed by atoms with van der Waals surface area (Å²) in [5.41, 5.74) is -5.97. The van der Waals surface area contributed by atoms with Gasteiger partial charge in [-0.1, -0.05) is 24.3 Å². The lowest BCUT2D eigenvalue weighted by atomic mass is 9.59. The molecule has 3 aromatic carbocycles. The highest BCUT2D eigenvalue weighted by Crippen LogP contribution is 2.56. The van der Waals surface area contributed by atoms with Gasteiger partial charge in [0.2, 0.25) is 5.88 Å². The molecule has 25 heteroatoms. The number of rotatable bonds is 12. The van der Waals surface area contributed by atoms with Crippen LogP contribution < -0.4 is 24.6 Å². The summed E-state index contributed by atoms with van der Waals surface area (Å²) in [4.78, 5) is 39.7. The van der Waals surface area contributed by atoms with E-state index in [2.05, 4.69) is 19.9 Å². The number of nitro benzene ring substituents is 1. The molecule has 5 N–H and O–H groups in total. The number of sulfonamides is 1. The number of fused-ring (bicyclic) bond motifs is 3. The average Bonchev–Trinajstić information content (AvgIpc) is 4.04. The number of nitrogens with one attached hydrogen (secondary N) is 3. The van der Waals surface area contributed by atoms with Crippen LogP contribution in [0.1, 0.15) is 92.2 Å². The summed E-state index contributed by atoms with van der Waals surface area (Å²) in [7, 11) is -4.74. The van der Waals surface area contributed by atoms with Crippen LogP contribution in [0.4, 0.5) is 54.8 Å². The summed E-state index contributed by atoms with van der Waals surface area (Å²) in [6.07, 6.45) is -5.31. The molecule has 2 aliphatic carbocycles. The molecule has 79 heavy (non-hydrogen) atoms. The minimum absolute atomic E-state index is 0.0281. The number of aromatic amines is 1. The first-order valence-corrected chi connectivity index (χ1v) is 27.9. The highest BCUT2D eigenvalue weighted by Gasteiger charge is 2.72. The summed E-state index contributed by atoms with van der Waals surface area (Å²) in [5, 5.41) is 37.1. The molecule has 5 aromatic rings. The molecule has 0 radical (unpaired) electrons. The number of pyridine rings is 1. The lowest BCUT2D eigenvalue weighted by Crippen LogP contribution is -2.58. The fourth-order valence-corrected chi connectivity index (χ4v) is 13.7. The van der Waals surface area contributed by atoms with E-state index in [4.69, 9.17) is 19.2 Å². The third-order valence-electron chi connectivity index (χ3n) is 17.3. The first kappa shape index (κ1) is 54.7. The van der Waals surface area contributed by atoms with Crippen molar-refractivity contribution in [1.82, 2.24) is 19.6 Å². The number of piperidine rings is 1. The van der Waals surface area contributed by atoms with E-state index in [-0.39, 0.29) is 66.4 Å². The molecule has 1 amide bonds. The monoisotopic (exact) mass is 1130 g/mol. The molecule has 4 aliphatic heterocycles. The number of halogens is 6. The molecule has 424 valence electrons. The van der Waals surface area contributed by atoms with Gasteiger partial charge in [-0.25, -0.2) is 13.1 Å². The molecule has 18 nitrogen and oxygen atoms in total. The first-order valence-electron chi connectivity index (χ1n) is 26.5. The number of alkyl halides is 6. The van der Waals surface area contributed by atoms with Crippen LogP contribution in [0.5, 0.6) is 5.88 Å². The SMILES string of the molecule is CC1(O)CCC(CNc2ccc(S(=O)(=O)NC(=O)c3ccc(N4CCC5(CC4)CC(N4CCOC[C@H]4c4ccccc4C(O)(C(F)(F)F)C(F)(F)F)C5)cc3N3c4cc5cc[nH]c5nc4O[C@H]4COCC[C@@H]43)cc2[N+](=O)[O-])CC1. The van der Waals surface area contributed by atoms with Crippen molar-refractivity contribution in [2.45, 2.75) is 117 Å². The summed E-state index contributed by atoms with van der Waals surface area (Å²) >= 11 is 0. The topological polar surface area (TPSA) is 225 Å². The molecule has 5 fully saturated rings. The zero-order valence-corrected chi connectivity index (χ0v) is 43.8. The second-order valence-corrected chi connectivity index (χ2v) is 23.9. The summed E-state index contributed by atoms with van der Waals surface area (Å²) in [6.45, 7) is 4.07. The molecule has 2 saturated carbocycles. The van der Waals surface area contributed by atoms with Crippen molar-refractivity contribution in [3.63, 3.8) is 0 Å². The number of nitrogens with zero attached hydrogens (tertiary/aromatic N) is 5. The maximum Gasteiger partial charge on any atom is 0.430 e. The Labute approximate surface area is 450 Å². The van der Waals surface area contributed by atoms with Crippen molar-refractivity contribution >= 4 is 55.4 Å². The van der Waals surface area contributed by atoms with Crippen LogP contribution in [0, 0.1) is 21.4 Å². The van der Waals surface area contributed by atoms with Gasteiger partial charge >= 0.3 is 12.4 Å². The number of benzene rings is 3. The van der Waals surface area contributed by atoms with Crippen molar-refractivity contribution in [2.75, 3.05) is 67.7 Å². The Kier molecular flexibility index (Phi) is 14.1. The fraction of sp³-hybridized carbons (Fsp3) is 0.519. The number of aromatic nitrogens is 2. The number of H-pyrrole nitrogens is 1. The van der Waals surface area contributed by atoms with Gasteiger partial charge in [-0.05, 0) is 124 Å². The van der Waals surface area contributed by atoms with Crippen LogP contribution in [0.3, 0.4) is 0 Å². The maximum atomic E-state index is 14.7. The highest BCUT2D eigenvalue weighted by atomic mass is 32.2. The van der Waals surface area contributed by atoms with Crippen LogP contribution in [0.2, 0.25) is 0 Å². The minimum Gasteiger partial charge on any atom is -0.468 e. The Balaban J connectivity index is 0.859. The molecule has 0 bridgehead atoms. The zero-order valence-electron chi connectivity index (χ0n) is 43.0. The summed E-state index contributed by atoms with van der Waals surface area (Å²) in [6, 6.07) is 14.9. The standard InChI is InChI=1S/C54H60F6N8O10S/c1-50(70)14-10-32(11-15-50)29-62-40-9-7-36(26-43(40)68(72)73)79(74,75)64-48(69)38-8-6-34(25-42(38)67-41-13-22-76-31-46(41)78-49-44(67)24-33-12-18-61-47(33)63-49)65-19-16-51(17-20-65)27-35(28-51)66-21-23-77-30-45(66)37-4-2-3-5-39(37)52(71,53(55,56)57)54(58,59)60/h2-9,12,18,24-26,32,35,41,45-46,62,70-71H,10-11,13-17,19-23,27-31H2,1H3,(H,61,63)(H,64,69)/t32?,41-,45-,46-,50?/m0/s1. The van der Waals surface area contributed by atoms with Gasteiger partial charge in [-0.15, -0.1) is 0 Å². The van der Waals surface area contributed by atoms with Crippen molar-refractivity contribution in [3.05, 3.63) is 106 Å². The zero-order chi connectivity index (χ0) is 55.9. The Hall–Kier alpha value is -6.25. The van der Waals surface area contributed by atoms with E-state index in [1.54, 1.807) is 25.3 Å². The van der Waals surface area contributed by atoms with Gasteiger partial charge in [0.25, 0.3) is 27.2 Å². The van der Waals surface area contributed by atoms with Gasteiger partial charge in [0, 0.05) is 67.7 Å². The van der Waals surface area contributed by atoms with Crippen LogP contribution in [0.15, 0.2) is 83.9 Å². The molecular formula is C54H60F6N8O10S. The molecular weight excluding hydrogens is 1070 g/mol. The number of hydrogen-bond acceptors (Lipinski definition) is 15. The van der Waals surface area contributed by atoms with Crippen LogP contribution in [-0.4, -0.2) is 133 Å². The van der Waals surface area contributed by atoms with E-state index in [0.29, 0.717) is 113 Å². The Morgan fingerprint density at radius 3 is 2.34 bits per heavy atom. The quantitative estimate of drug-likeness (QED) is 0.0447. The minimum atomic E-state index is -6.06. The van der Waals surface area contributed by atoms with E-state index in [9.17, 15) is 59.9 Å². The smallest absolute Gasteiger partial charge is 0.430 e. The summed E-state index contributed by atoms with van der Waals surface area (Å²) in [5.74, 6) is -0.613. The first-order chi connectivity index (χ1) is 37.4. The van der Waals surface area contributed by atoms with Gasteiger partial charge in [-0.3, -0.25) is 19.8 Å². The van der Waals surface area contributed by atoms with E-state index < -0.39 is 78.7 Å². The van der Waals surface area contributed by atoms with E-state index >= 15 is 0 Å². The fourth-order valence-electron chi connectivity index (χ4n) is 12.8. The molecule has 3 atom stereocenters. The Bertz CT molecular complexity index is 3230. The second-order valence-electron chi connectivity index (χ2n) is 22.2. The molecule has 3 saturated heterocycles. The molecule has 2 aromatic heterocycles. The number of nitro groups is 1. The second kappa shape index (κ2) is 20.4. The third-order valence-corrected chi connectivity index (χ3v) is 18.6. The van der Waals surface area contributed by atoms with Crippen LogP contribution in [-0.2, 0) is 25.1 Å². The van der Waals surface area contributed by atoms with Crippen LogP contribution in [0.25, 0.3) is 11.0 Å². The lowest BCUT2D eigenvalue weighted by Gasteiger charge is -2.57. The predicted molar refractivity (Wildman–Crippen MR) is 277 cm³/mol. The van der Waals surface area contributed by atoms with Crippen molar-refractivity contribution in [1.29, 1.82) is 0 Å². The largest absolute Gasteiger partial charge is 0.468 e. The van der Waals surface area contributed by atoms with Crippen molar-refractivity contribution in [2.24, 2.45) is 11.3 Å². The van der Waals surface area contributed by atoms with Gasteiger partial charge in [0.15, 0.2) is 0 Å².